The Labute approximate surface area is 151 Å². The van der Waals surface area contributed by atoms with Gasteiger partial charge in [0.15, 0.2) is 0 Å². The summed E-state index contributed by atoms with van der Waals surface area (Å²) in [5.41, 5.74) is 0.548. The van der Waals surface area contributed by atoms with Gasteiger partial charge in [-0.1, -0.05) is 42.1 Å². The fraction of sp³-hybridized carbons (Fsp3) is 0.0526. The van der Waals surface area contributed by atoms with Gasteiger partial charge in [0.2, 0.25) is 0 Å². The Balaban J connectivity index is 1.86. The maximum atomic E-state index is 12.6. The molecule has 0 aliphatic rings. The van der Waals surface area contributed by atoms with E-state index >= 15 is 0 Å². The molecular weight excluding hydrogens is 354 g/mol. The first kappa shape index (κ1) is 17.4. The molecule has 0 spiro atoms. The van der Waals surface area contributed by atoms with Crippen LogP contribution in [0.1, 0.15) is 0 Å². The summed E-state index contributed by atoms with van der Waals surface area (Å²) >= 11 is 1.51. The minimum atomic E-state index is -3.67. The van der Waals surface area contributed by atoms with Crippen molar-refractivity contribution in [3.05, 3.63) is 78.9 Å². The zero-order valence-electron chi connectivity index (χ0n) is 13.5. The summed E-state index contributed by atoms with van der Waals surface area (Å²) < 4.78 is 33.0. The van der Waals surface area contributed by atoms with Gasteiger partial charge in [-0.15, -0.1) is 0 Å². The molecule has 0 aromatic heterocycles. The quantitative estimate of drug-likeness (QED) is 0.685. The minimum Gasteiger partial charge on any atom is -0.497 e. The normalized spacial score (nSPS) is 11.1. The van der Waals surface area contributed by atoms with Gasteiger partial charge in [0.25, 0.3) is 10.0 Å². The Morgan fingerprint density at radius 2 is 1.48 bits per heavy atom. The average molecular weight is 371 g/mol. The van der Waals surface area contributed by atoms with E-state index in [2.05, 4.69) is 4.72 Å². The number of hydrogen-bond acceptors (Lipinski definition) is 4. The number of methoxy groups -OCH3 is 1. The molecule has 0 aliphatic carbocycles. The highest BCUT2D eigenvalue weighted by atomic mass is 32.2. The van der Waals surface area contributed by atoms with E-state index < -0.39 is 10.0 Å². The third kappa shape index (κ3) is 4.35. The maximum absolute atomic E-state index is 12.6. The van der Waals surface area contributed by atoms with Crippen molar-refractivity contribution in [3.8, 4) is 5.75 Å². The highest BCUT2D eigenvalue weighted by molar-refractivity contribution is 7.99. The first-order valence-electron chi connectivity index (χ1n) is 7.57. The molecule has 3 rings (SSSR count). The number of ether oxygens (including phenoxy) is 1. The Kier molecular flexibility index (Phi) is 5.31. The van der Waals surface area contributed by atoms with E-state index in [1.54, 1.807) is 31.4 Å². The van der Waals surface area contributed by atoms with Gasteiger partial charge in [0.05, 0.1) is 17.7 Å². The summed E-state index contributed by atoms with van der Waals surface area (Å²) in [6.45, 7) is 0. The van der Waals surface area contributed by atoms with Crippen LogP contribution in [0.4, 0.5) is 5.69 Å². The topological polar surface area (TPSA) is 55.4 Å². The molecule has 0 atom stereocenters. The summed E-state index contributed by atoms with van der Waals surface area (Å²) in [7, 11) is -2.13. The second kappa shape index (κ2) is 7.63. The average Bonchev–Trinajstić information content (AvgIpc) is 2.64. The van der Waals surface area contributed by atoms with E-state index in [4.69, 9.17) is 4.74 Å². The van der Waals surface area contributed by atoms with Crippen molar-refractivity contribution in [2.45, 2.75) is 14.7 Å². The van der Waals surface area contributed by atoms with E-state index in [-0.39, 0.29) is 4.90 Å². The third-order valence-electron chi connectivity index (χ3n) is 3.47. The van der Waals surface area contributed by atoms with E-state index in [1.165, 1.54) is 23.9 Å². The van der Waals surface area contributed by atoms with Crippen LogP contribution < -0.4 is 9.46 Å². The van der Waals surface area contributed by atoms with E-state index in [9.17, 15) is 8.42 Å². The number of sulfonamides is 1. The molecule has 0 unspecified atom stereocenters. The van der Waals surface area contributed by atoms with Crippen LogP contribution in [-0.2, 0) is 10.0 Å². The molecule has 0 saturated heterocycles. The molecule has 128 valence electrons. The van der Waals surface area contributed by atoms with Crippen molar-refractivity contribution < 1.29 is 13.2 Å². The number of hydrogen-bond donors (Lipinski definition) is 1. The molecule has 3 aromatic rings. The lowest BCUT2D eigenvalue weighted by Gasteiger charge is -2.12. The van der Waals surface area contributed by atoms with Crippen LogP contribution in [0.2, 0.25) is 0 Å². The number of benzene rings is 3. The number of para-hydroxylation sites is 1. The molecule has 0 amide bonds. The largest absolute Gasteiger partial charge is 0.497 e. The van der Waals surface area contributed by atoms with E-state index in [1.807, 2.05) is 42.5 Å². The maximum Gasteiger partial charge on any atom is 0.261 e. The summed E-state index contributed by atoms with van der Waals surface area (Å²) in [5.74, 6) is 0.610. The Bertz CT molecular complexity index is 940. The Morgan fingerprint density at radius 1 is 0.840 bits per heavy atom. The number of rotatable bonds is 6. The van der Waals surface area contributed by atoms with Crippen LogP contribution in [0.3, 0.4) is 0 Å². The second-order valence-electron chi connectivity index (χ2n) is 5.19. The molecule has 0 heterocycles. The number of nitrogens with one attached hydrogen (secondary N) is 1. The van der Waals surface area contributed by atoms with Crippen LogP contribution in [0.5, 0.6) is 5.75 Å². The highest BCUT2D eigenvalue weighted by Gasteiger charge is 2.16. The van der Waals surface area contributed by atoms with Gasteiger partial charge in [0.1, 0.15) is 5.75 Å². The first-order valence-corrected chi connectivity index (χ1v) is 9.87. The molecular formula is C19H17NO3S2. The van der Waals surface area contributed by atoms with Crippen LogP contribution in [0, 0.1) is 0 Å². The smallest absolute Gasteiger partial charge is 0.261 e. The lowest BCUT2D eigenvalue weighted by molar-refractivity contribution is 0.414. The first-order chi connectivity index (χ1) is 12.1. The summed E-state index contributed by atoms with van der Waals surface area (Å²) in [6, 6.07) is 23.5. The Morgan fingerprint density at radius 3 is 2.16 bits per heavy atom. The summed E-state index contributed by atoms with van der Waals surface area (Å²) in [6.07, 6.45) is 0. The van der Waals surface area contributed by atoms with Gasteiger partial charge in [0, 0.05) is 9.79 Å². The third-order valence-corrected chi connectivity index (χ3v) is 5.94. The number of anilines is 1. The molecule has 0 fully saturated rings. The van der Waals surface area contributed by atoms with Crippen molar-refractivity contribution in [1.82, 2.24) is 0 Å². The van der Waals surface area contributed by atoms with Crippen molar-refractivity contribution >= 4 is 27.5 Å². The highest BCUT2D eigenvalue weighted by Crippen LogP contribution is 2.34. The lowest BCUT2D eigenvalue weighted by atomic mass is 10.3. The van der Waals surface area contributed by atoms with Crippen molar-refractivity contribution in [2.24, 2.45) is 0 Å². The predicted octanol–water partition coefficient (Wildman–Crippen LogP) is 4.65. The predicted molar refractivity (Wildman–Crippen MR) is 101 cm³/mol. The Hall–Kier alpha value is -2.44. The van der Waals surface area contributed by atoms with Crippen molar-refractivity contribution in [1.29, 1.82) is 0 Å². The molecule has 1 N–H and O–H groups in total. The molecule has 0 aliphatic heterocycles. The zero-order chi connectivity index (χ0) is 17.7. The molecule has 6 heteroatoms. The molecule has 0 bridgehead atoms. The monoisotopic (exact) mass is 371 g/mol. The fourth-order valence-electron chi connectivity index (χ4n) is 2.21. The molecule has 3 aromatic carbocycles. The van der Waals surface area contributed by atoms with Crippen molar-refractivity contribution in [2.75, 3.05) is 11.8 Å². The lowest BCUT2D eigenvalue weighted by Crippen LogP contribution is -2.13. The summed E-state index contributed by atoms with van der Waals surface area (Å²) in [5, 5.41) is 0. The van der Waals surface area contributed by atoms with Gasteiger partial charge in [-0.05, 0) is 48.5 Å². The second-order valence-corrected chi connectivity index (χ2v) is 7.99. The summed E-state index contributed by atoms with van der Waals surface area (Å²) in [4.78, 5) is 2.07. The standard InChI is InChI=1S/C19H17NO3S2/c1-23-15-11-13-17(14-12-15)25(21,22)20-18-9-5-6-10-19(18)24-16-7-3-2-4-8-16/h2-14,20H,1H3. The molecule has 0 saturated carbocycles. The van der Waals surface area contributed by atoms with Gasteiger partial charge in [-0.25, -0.2) is 8.42 Å². The zero-order valence-corrected chi connectivity index (χ0v) is 15.2. The minimum absolute atomic E-state index is 0.188. The fourth-order valence-corrected chi connectivity index (χ4v) is 4.28. The van der Waals surface area contributed by atoms with Gasteiger partial charge >= 0.3 is 0 Å². The van der Waals surface area contributed by atoms with Crippen LogP contribution >= 0.6 is 11.8 Å². The molecule has 0 radical (unpaired) electrons. The SMILES string of the molecule is COc1ccc(S(=O)(=O)Nc2ccccc2Sc2ccccc2)cc1. The van der Waals surface area contributed by atoms with Crippen LogP contribution in [0.25, 0.3) is 0 Å². The van der Waals surface area contributed by atoms with Gasteiger partial charge < -0.3 is 4.74 Å². The van der Waals surface area contributed by atoms with Crippen molar-refractivity contribution in [3.63, 3.8) is 0 Å². The molecule has 25 heavy (non-hydrogen) atoms. The van der Waals surface area contributed by atoms with E-state index in [0.717, 1.165) is 9.79 Å². The van der Waals surface area contributed by atoms with E-state index in [0.29, 0.717) is 11.4 Å². The van der Waals surface area contributed by atoms with Gasteiger partial charge in [-0.2, -0.15) is 0 Å². The van der Waals surface area contributed by atoms with Crippen LogP contribution in [-0.4, -0.2) is 15.5 Å². The van der Waals surface area contributed by atoms with Crippen LogP contribution in [0.15, 0.2) is 93.5 Å². The molecule has 4 nitrogen and oxygen atoms in total. The van der Waals surface area contributed by atoms with Gasteiger partial charge in [-0.3, -0.25) is 4.72 Å².